The van der Waals surface area contributed by atoms with Gasteiger partial charge in [-0.3, -0.25) is 4.79 Å². The predicted molar refractivity (Wildman–Crippen MR) is 79.1 cm³/mol. The van der Waals surface area contributed by atoms with Crippen molar-refractivity contribution < 1.29 is 4.79 Å². The van der Waals surface area contributed by atoms with E-state index in [1.54, 1.807) is 23.1 Å². The van der Waals surface area contributed by atoms with Gasteiger partial charge in [-0.2, -0.15) is 0 Å². The molecule has 0 bridgehead atoms. The molecule has 2 heterocycles. The molecule has 1 N–H and O–H groups in total. The van der Waals surface area contributed by atoms with Crippen molar-refractivity contribution in [2.24, 2.45) is 0 Å². The van der Waals surface area contributed by atoms with E-state index in [1.807, 2.05) is 18.9 Å². The quantitative estimate of drug-likeness (QED) is 0.844. The Hall–Kier alpha value is -0.520. The molecule has 5 heteroatoms. The van der Waals surface area contributed by atoms with Crippen LogP contribution in [0.25, 0.3) is 0 Å². The molecule has 100 valence electrons. The zero-order valence-electron chi connectivity index (χ0n) is 11.1. The van der Waals surface area contributed by atoms with Crippen molar-refractivity contribution in [3.05, 3.63) is 21.9 Å². The molecular formula is C13H20N2OS2. The van der Waals surface area contributed by atoms with E-state index in [9.17, 15) is 4.79 Å². The Morgan fingerprint density at radius 1 is 1.50 bits per heavy atom. The van der Waals surface area contributed by atoms with Crippen molar-refractivity contribution in [1.29, 1.82) is 0 Å². The van der Waals surface area contributed by atoms with E-state index in [2.05, 4.69) is 23.7 Å². The summed E-state index contributed by atoms with van der Waals surface area (Å²) in [4.78, 5) is 15.6. The smallest absolute Gasteiger partial charge is 0.236 e. The van der Waals surface area contributed by atoms with E-state index in [0.29, 0.717) is 0 Å². The van der Waals surface area contributed by atoms with Crippen LogP contribution in [0.15, 0.2) is 11.4 Å². The van der Waals surface area contributed by atoms with Gasteiger partial charge in [0.25, 0.3) is 0 Å². The number of nitrogens with zero attached hydrogens (tertiary/aromatic N) is 1. The van der Waals surface area contributed by atoms with Crippen LogP contribution in [0.1, 0.15) is 29.2 Å². The Morgan fingerprint density at radius 3 is 2.89 bits per heavy atom. The van der Waals surface area contributed by atoms with Crippen molar-refractivity contribution in [2.75, 3.05) is 20.1 Å². The maximum absolute atomic E-state index is 12.2. The average molecular weight is 284 g/mol. The lowest BCUT2D eigenvalue weighted by Crippen LogP contribution is -2.32. The molecule has 0 spiro atoms. The first-order valence-corrected chi connectivity index (χ1v) is 8.12. The van der Waals surface area contributed by atoms with Crippen molar-refractivity contribution >= 4 is 29.0 Å². The van der Waals surface area contributed by atoms with Crippen molar-refractivity contribution in [3.63, 3.8) is 0 Å². The van der Waals surface area contributed by atoms with E-state index in [0.717, 1.165) is 19.5 Å². The number of hydrogen-bond acceptors (Lipinski definition) is 4. The molecule has 1 saturated heterocycles. The lowest BCUT2D eigenvalue weighted by molar-refractivity contribution is -0.129. The number of nitrogens with one attached hydrogen (secondary N) is 1. The molecule has 1 aromatic heterocycles. The topological polar surface area (TPSA) is 32.3 Å². The largest absolute Gasteiger partial charge is 0.325 e. The fourth-order valence-electron chi connectivity index (χ4n) is 2.17. The van der Waals surface area contributed by atoms with Gasteiger partial charge in [0.1, 0.15) is 5.37 Å². The number of carbonyl (C=O) groups is 1. The van der Waals surface area contributed by atoms with Gasteiger partial charge < -0.3 is 10.2 Å². The Bertz CT molecular complexity index is 419. The molecule has 1 fully saturated rings. The summed E-state index contributed by atoms with van der Waals surface area (Å²) in [6.07, 6.45) is 1.01. The van der Waals surface area contributed by atoms with E-state index >= 15 is 0 Å². The SMILES string of the molecule is CNCCCN1C(=O)C(C)SC1c1sccc1C. The number of thiophene rings is 1. The Kier molecular flexibility index (Phi) is 4.70. The Balaban J connectivity index is 2.12. The minimum Gasteiger partial charge on any atom is -0.325 e. The van der Waals surface area contributed by atoms with Gasteiger partial charge in [-0.05, 0) is 50.9 Å². The molecule has 0 aliphatic carbocycles. The normalized spacial score (nSPS) is 23.9. The van der Waals surface area contributed by atoms with Gasteiger partial charge in [-0.1, -0.05) is 0 Å². The second kappa shape index (κ2) is 6.08. The highest BCUT2D eigenvalue weighted by molar-refractivity contribution is 8.01. The first-order chi connectivity index (χ1) is 8.65. The molecule has 3 nitrogen and oxygen atoms in total. The zero-order chi connectivity index (χ0) is 13.1. The summed E-state index contributed by atoms with van der Waals surface area (Å²) < 4.78 is 0. The number of hydrogen-bond donors (Lipinski definition) is 1. The van der Waals surface area contributed by atoms with Gasteiger partial charge in [0.05, 0.1) is 5.25 Å². The van der Waals surface area contributed by atoms with Crippen LogP contribution in [0.4, 0.5) is 0 Å². The van der Waals surface area contributed by atoms with Crippen LogP contribution in [0, 0.1) is 6.92 Å². The lowest BCUT2D eigenvalue weighted by atomic mass is 10.2. The minimum absolute atomic E-state index is 0.0890. The van der Waals surface area contributed by atoms with Crippen molar-refractivity contribution in [2.45, 2.75) is 30.9 Å². The van der Waals surface area contributed by atoms with Crippen LogP contribution in [0.2, 0.25) is 0 Å². The molecular weight excluding hydrogens is 264 g/mol. The fraction of sp³-hybridized carbons (Fsp3) is 0.615. The second-order valence-electron chi connectivity index (χ2n) is 4.59. The zero-order valence-corrected chi connectivity index (χ0v) is 12.7. The van der Waals surface area contributed by atoms with Crippen LogP contribution in [-0.4, -0.2) is 36.2 Å². The molecule has 1 aliphatic rings. The highest BCUT2D eigenvalue weighted by atomic mass is 32.2. The third-order valence-corrected chi connectivity index (χ3v) is 5.78. The van der Waals surface area contributed by atoms with E-state index in [4.69, 9.17) is 0 Å². The Labute approximate surface area is 117 Å². The molecule has 1 amide bonds. The maximum Gasteiger partial charge on any atom is 0.236 e. The third kappa shape index (κ3) is 2.73. The molecule has 18 heavy (non-hydrogen) atoms. The summed E-state index contributed by atoms with van der Waals surface area (Å²) in [6.45, 7) is 5.95. The molecule has 2 rings (SSSR count). The van der Waals surface area contributed by atoms with E-state index < -0.39 is 0 Å². The van der Waals surface area contributed by atoms with Crippen LogP contribution >= 0.6 is 23.1 Å². The van der Waals surface area contributed by atoms with Crippen LogP contribution in [0.3, 0.4) is 0 Å². The first-order valence-electron chi connectivity index (χ1n) is 6.29. The van der Waals surface area contributed by atoms with Gasteiger partial charge in [0.2, 0.25) is 5.91 Å². The van der Waals surface area contributed by atoms with Gasteiger partial charge >= 0.3 is 0 Å². The second-order valence-corrected chi connectivity index (χ2v) is 6.96. The summed E-state index contributed by atoms with van der Waals surface area (Å²) in [5, 5.41) is 5.57. The lowest BCUT2D eigenvalue weighted by Gasteiger charge is -2.23. The predicted octanol–water partition coefficient (Wildman–Crippen LogP) is 2.63. The molecule has 2 atom stereocenters. The number of aryl methyl sites for hydroxylation is 1. The summed E-state index contributed by atoms with van der Waals surface area (Å²) in [7, 11) is 1.95. The van der Waals surface area contributed by atoms with E-state index in [1.165, 1.54) is 10.4 Å². The number of amides is 1. The van der Waals surface area contributed by atoms with Crippen LogP contribution in [0.5, 0.6) is 0 Å². The summed E-state index contributed by atoms with van der Waals surface area (Å²) >= 11 is 3.54. The summed E-state index contributed by atoms with van der Waals surface area (Å²) in [5.41, 5.74) is 1.30. The average Bonchev–Trinajstić information content (AvgIpc) is 2.87. The molecule has 2 unspecified atom stereocenters. The monoisotopic (exact) mass is 284 g/mol. The van der Waals surface area contributed by atoms with Gasteiger partial charge in [-0.25, -0.2) is 0 Å². The van der Waals surface area contributed by atoms with Gasteiger partial charge in [0.15, 0.2) is 0 Å². The van der Waals surface area contributed by atoms with Crippen molar-refractivity contribution in [3.8, 4) is 0 Å². The molecule has 0 aromatic carbocycles. The number of thioether (sulfide) groups is 1. The number of rotatable bonds is 5. The van der Waals surface area contributed by atoms with Gasteiger partial charge in [0, 0.05) is 11.4 Å². The van der Waals surface area contributed by atoms with Crippen LogP contribution < -0.4 is 5.32 Å². The van der Waals surface area contributed by atoms with Crippen molar-refractivity contribution in [1.82, 2.24) is 10.2 Å². The summed E-state index contributed by atoms with van der Waals surface area (Å²) in [6, 6.07) is 2.14. The third-order valence-electron chi connectivity index (χ3n) is 3.20. The highest BCUT2D eigenvalue weighted by Gasteiger charge is 2.39. The first kappa shape index (κ1) is 13.9. The van der Waals surface area contributed by atoms with Crippen LogP contribution in [-0.2, 0) is 4.79 Å². The minimum atomic E-state index is 0.0890. The Morgan fingerprint density at radius 2 is 2.28 bits per heavy atom. The maximum atomic E-state index is 12.2. The molecule has 1 aliphatic heterocycles. The molecule has 0 radical (unpaired) electrons. The highest BCUT2D eigenvalue weighted by Crippen LogP contribution is 2.45. The standard InChI is InChI=1S/C13H20N2OS2/c1-9-5-8-17-11(9)13-15(7-4-6-14-3)12(16)10(2)18-13/h5,8,10,13-14H,4,6-7H2,1-3H3. The number of carbonyl (C=O) groups excluding carboxylic acids is 1. The summed E-state index contributed by atoms with van der Waals surface area (Å²) in [5.74, 6) is 0.286. The molecule has 0 saturated carbocycles. The van der Waals surface area contributed by atoms with E-state index in [-0.39, 0.29) is 16.5 Å². The fourth-order valence-corrected chi connectivity index (χ4v) is 4.72. The molecule has 1 aromatic rings. The van der Waals surface area contributed by atoms with Gasteiger partial charge in [-0.15, -0.1) is 23.1 Å².